The lowest BCUT2D eigenvalue weighted by Gasteiger charge is -2.34. The van der Waals surface area contributed by atoms with Crippen LogP contribution in [0.4, 0.5) is 10.1 Å². The average molecular weight is 426 g/mol. The number of thiazole rings is 1. The molecule has 0 aliphatic carbocycles. The van der Waals surface area contributed by atoms with Crippen molar-refractivity contribution < 1.29 is 14.1 Å². The molecule has 7 nitrogen and oxygen atoms in total. The Balaban J connectivity index is 1.36. The highest BCUT2D eigenvalue weighted by Crippen LogP contribution is 2.25. The van der Waals surface area contributed by atoms with Gasteiger partial charge in [0.15, 0.2) is 0 Å². The molecule has 1 saturated heterocycles. The van der Waals surface area contributed by atoms with Gasteiger partial charge in [0.2, 0.25) is 0 Å². The molecule has 0 bridgehead atoms. The lowest BCUT2D eigenvalue weighted by Crippen LogP contribution is -2.48. The quantitative estimate of drug-likeness (QED) is 0.458. The first-order valence-electron chi connectivity index (χ1n) is 9.46. The minimum atomic E-state index is -0.523. The van der Waals surface area contributed by atoms with Crippen molar-refractivity contribution in [1.82, 2.24) is 14.8 Å². The Morgan fingerprint density at radius 2 is 1.80 bits per heavy atom. The summed E-state index contributed by atoms with van der Waals surface area (Å²) >= 11 is 1.52. The van der Waals surface area contributed by atoms with Gasteiger partial charge < -0.3 is 4.90 Å². The van der Waals surface area contributed by atoms with Crippen molar-refractivity contribution in [3.8, 4) is 10.6 Å². The molecular weight excluding hydrogens is 407 g/mol. The number of halogens is 1. The molecule has 1 aromatic heterocycles. The maximum atomic E-state index is 13.1. The minimum absolute atomic E-state index is 0.124. The number of nitro groups is 1. The second-order valence-corrected chi connectivity index (χ2v) is 7.85. The monoisotopic (exact) mass is 426 g/mol. The van der Waals surface area contributed by atoms with Crippen LogP contribution in [0.5, 0.6) is 0 Å². The predicted molar refractivity (Wildman–Crippen MR) is 112 cm³/mol. The summed E-state index contributed by atoms with van der Waals surface area (Å²) in [7, 11) is 0. The zero-order valence-electron chi connectivity index (χ0n) is 16.0. The number of piperazine rings is 1. The molecule has 0 spiro atoms. The van der Waals surface area contributed by atoms with E-state index in [9.17, 15) is 19.3 Å². The van der Waals surface area contributed by atoms with Gasteiger partial charge in [0, 0.05) is 49.7 Å². The standard InChI is InChI=1S/C21H19FN4O3S/c22-16-7-5-15(6-8-16)20-23-17(14-30-20)13-24-9-11-25(12-10-24)21(27)18-3-1-2-4-19(18)26(28)29/h1-8,14H,9-13H2. The summed E-state index contributed by atoms with van der Waals surface area (Å²) < 4.78 is 13.1. The van der Waals surface area contributed by atoms with E-state index in [1.807, 2.05) is 5.38 Å². The van der Waals surface area contributed by atoms with E-state index in [1.165, 1.54) is 35.6 Å². The van der Waals surface area contributed by atoms with Crippen LogP contribution in [0.2, 0.25) is 0 Å². The van der Waals surface area contributed by atoms with Crippen molar-refractivity contribution in [1.29, 1.82) is 0 Å². The van der Waals surface area contributed by atoms with Crippen LogP contribution in [0.25, 0.3) is 10.6 Å². The highest BCUT2D eigenvalue weighted by molar-refractivity contribution is 7.13. The molecule has 1 aliphatic heterocycles. The Bertz CT molecular complexity index is 1060. The number of carbonyl (C=O) groups excluding carboxylic acids is 1. The highest BCUT2D eigenvalue weighted by atomic mass is 32.1. The molecule has 0 radical (unpaired) electrons. The fourth-order valence-corrected chi connectivity index (χ4v) is 4.24. The molecule has 0 unspecified atom stereocenters. The van der Waals surface area contributed by atoms with Crippen LogP contribution in [0.3, 0.4) is 0 Å². The Kier molecular flexibility index (Phi) is 5.82. The third kappa shape index (κ3) is 4.37. The van der Waals surface area contributed by atoms with Crippen LogP contribution in [-0.2, 0) is 6.54 Å². The van der Waals surface area contributed by atoms with E-state index in [2.05, 4.69) is 9.88 Å². The second kappa shape index (κ2) is 8.68. The molecule has 1 aliphatic rings. The van der Waals surface area contributed by atoms with Crippen molar-refractivity contribution in [2.45, 2.75) is 6.54 Å². The van der Waals surface area contributed by atoms with Crippen molar-refractivity contribution >= 4 is 22.9 Å². The smallest absolute Gasteiger partial charge is 0.282 e. The van der Waals surface area contributed by atoms with E-state index >= 15 is 0 Å². The van der Waals surface area contributed by atoms with Crippen LogP contribution in [0, 0.1) is 15.9 Å². The number of nitrogens with zero attached hydrogens (tertiary/aromatic N) is 4. The van der Waals surface area contributed by atoms with Gasteiger partial charge in [-0.15, -0.1) is 11.3 Å². The molecule has 1 amide bonds. The SMILES string of the molecule is O=C(c1ccccc1[N+](=O)[O-])N1CCN(Cc2csc(-c3ccc(F)cc3)n2)CC1. The van der Waals surface area contributed by atoms with E-state index < -0.39 is 4.92 Å². The lowest BCUT2D eigenvalue weighted by molar-refractivity contribution is -0.385. The topological polar surface area (TPSA) is 79.6 Å². The fraction of sp³-hybridized carbons (Fsp3) is 0.238. The van der Waals surface area contributed by atoms with Crippen molar-refractivity contribution in [3.63, 3.8) is 0 Å². The number of benzene rings is 2. The zero-order chi connectivity index (χ0) is 21.1. The Morgan fingerprint density at radius 3 is 2.50 bits per heavy atom. The first kappa shape index (κ1) is 20.1. The van der Waals surface area contributed by atoms with Crippen LogP contribution in [0.1, 0.15) is 16.1 Å². The van der Waals surface area contributed by atoms with E-state index in [4.69, 9.17) is 0 Å². The summed E-state index contributed by atoms with van der Waals surface area (Å²) in [5.41, 5.74) is 1.77. The van der Waals surface area contributed by atoms with Crippen LogP contribution < -0.4 is 0 Å². The number of rotatable bonds is 5. The molecule has 3 aromatic rings. The van der Waals surface area contributed by atoms with Crippen LogP contribution in [-0.4, -0.2) is 51.8 Å². The van der Waals surface area contributed by atoms with Gasteiger partial charge >= 0.3 is 0 Å². The third-order valence-corrected chi connectivity index (χ3v) is 5.96. The minimum Gasteiger partial charge on any atom is -0.336 e. The highest BCUT2D eigenvalue weighted by Gasteiger charge is 2.27. The molecule has 9 heteroatoms. The predicted octanol–water partition coefficient (Wildman–Crippen LogP) is 3.82. The maximum absolute atomic E-state index is 13.1. The molecule has 0 saturated carbocycles. The van der Waals surface area contributed by atoms with Gasteiger partial charge in [0.1, 0.15) is 16.4 Å². The summed E-state index contributed by atoms with van der Waals surface area (Å²) in [4.78, 5) is 31.9. The van der Waals surface area contributed by atoms with Crippen LogP contribution in [0.15, 0.2) is 53.9 Å². The number of para-hydroxylation sites is 1. The molecule has 154 valence electrons. The summed E-state index contributed by atoms with van der Waals surface area (Å²) in [6.45, 7) is 2.98. The zero-order valence-corrected chi connectivity index (χ0v) is 16.8. The molecule has 1 fully saturated rings. The van der Waals surface area contributed by atoms with E-state index in [0.29, 0.717) is 32.7 Å². The average Bonchev–Trinajstić information content (AvgIpc) is 3.22. The Labute approximate surface area is 176 Å². The van der Waals surface area contributed by atoms with Gasteiger partial charge in [-0.25, -0.2) is 9.37 Å². The van der Waals surface area contributed by atoms with E-state index in [-0.39, 0.29) is 23.0 Å². The first-order chi connectivity index (χ1) is 14.5. The van der Waals surface area contributed by atoms with Gasteiger partial charge in [0.25, 0.3) is 11.6 Å². The van der Waals surface area contributed by atoms with E-state index in [1.54, 1.807) is 29.2 Å². The number of nitro benzene ring substituents is 1. The van der Waals surface area contributed by atoms with Crippen molar-refractivity contribution in [3.05, 3.63) is 81.1 Å². The second-order valence-electron chi connectivity index (χ2n) is 6.99. The number of amides is 1. The lowest BCUT2D eigenvalue weighted by atomic mass is 10.1. The Hall–Kier alpha value is -3.17. The Morgan fingerprint density at radius 1 is 1.10 bits per heavy atom. The number of hydrogen-bond donors (Lipinski definition) is 0. The van der Waals surface area contributed by atoms with Crippen molar-refractivity contribution in [2.75, 3.05) is 26.2 Å². The third-order valence-electron chi connectivity index (χ3n) is 5.02. The summed E-state index contributed by atoms with van der Waals surface area (Å²) in [6.07, 6.45) is 0. The van der Waals surface area contributed by atoms with Gasteiger partial charge in [-0.3, -0.25) is 19.8 Å². The van der Waals surface area contributed by atoms with Crippen LogP contribution >= 0.6 is 11.3 Å². The van der Waals surface area contributed by atoms with Crippen molar-refractivity contribution in [2.24, 2.45) is 0 Å². The number of aromatic nitrogens is 1. The molecule has 2 aromatic carbocycles. The number of hydrogen-bond acceptors (Lipinski definition) is 6. The first-order valence-corrected chi connectivity index (χ1v) is 10.3. The van der Waals surface area contributed by atoms with Gasteiger partial charge in [-0.1, -0.05) is 12.1 Å². The number of carbonyl (C=O) groups is 1. The molecule has 0 atom stereocenters. The van der Waals surface area contributed by atoms with Gasteiger partial charge in [-0.2, -0.15) is 0 Å². The normalized spacial score (nSPS) is 14.6. The molecule has 4 rings (SSSR count). The molecule has 2 heterocycles. The van der Waals surface area contributed by atoms with E-state index in [0.717, 1.165) is 16.3 Å². The summed E-state index contributed by atoms with van der Waals surface area (Å²) in [5, 5.41) is 14.0. The summed E-state index contributed by atoms with van der Waals surface area (Å²) in [6, 6.07) is 12.3. The maximum Gasteiger partial charge on any atom is 0.282 e. The molecule has 30 heavy (non-hydrogen) atoms. The molecular formula is C21H19FN4O3S. The largest absolute Gasteiger partial charge is 0.336 e. The van der Waals surface area contributed by atoms with Gasteiger partial charge in [0.05, 0.1) is 10.6 Å². The van der Waals surface area contributed by atoms with Gasteiger partial charge in [-0.05, 0) is 30.3 Å². The summed E-state index contributed by atoms with van der Waals surface area (Å²) in [5.74, 6) is -0.585. The fourth-order valence-electron chi connectivity index (χ4n) is 3.43. The molecule has 0 N–H and O–H groups in total.